The van der Waals surface area contributed by atoms with E-state index in [9.17, 15) is 14.4 Å². The van der Waals surface area contributed by atoms with Crippen LogP contribution in [0.4, 0.5) is 0 Å². The molecule has 1 aliphatic heterocycles. The molecule has 3 aromatic heterocycles. The van der Waals surface area contributed by atoms with E-state index >= 15 is 0 Å². The molecular formula is C19H20N6O4. The summed E-state index contributed by atoms with van der Waals surface area (Å²) in [5.41, 5.74) is -0.288. The fourth-order valence-electron chi connectivity index (χ4n) is 3.92. The smallest absolute Gasteiger partial charge is 0.330 e. The first-order valence-electron chi connectivity index (χ1n) is 9.75. The van der Waals surface area contributed by atoms with Crippen molar-refractivity contribution in [2.24, 2.45) is 0 Å². The number of fused-ring (bicyclic) bond motifs is 1. The number of carbonyl (C=O) groups is 1. The Hall–Kier alpha value is -3.30. The Morgan fingerprint density at radius 2 is 1.97 bits per heavy atom. The monoisotopic (exact) mass is 396 g/mol. The maximum absolute atomic E-state index is 13.0. The van der Waals surface area contributed by atoms with Crippen LogP contribution < -0.4 is 11.2 Å². The molecule has 0 spiro atoms. The number of aromatic amines is 1. The standard InChI is InChI=1S/C19H20N6O4/c1-10-21-17(29-23-10)11-4-6-24(7-5-11)18(27)12-8-14-15(20-9-12)25(13-2-3-13)19(28)22-16(14)26/h8-9,11,13H,2-7H2,1H3,(H,22,26,28). The second kappa shape index (κ2) is 6.64. The van der Waals surface area contributed by atoms with Crippen LogP contribution in [0.2, 0.25) is 0 Å². The number of carbonyl (C=O) groups excluding carboxylic acids is 1. The maximum Gasteiger partial charge on any atom is 0.330 e. The Kier molecular flexibility index (Phi) is 4.07. The number of hydrogen-bond acceptors (Lipinski definition) is 7. The summed E-state index contributed by atoms with van der Waals surface area (Å²) < 4.78 is 6.77. The van der Waals surface area contributed by atoms with Gasteiger partial charge in [-0.15, -0.1) is 0 Å². The molecule has 3 aromatic rings. The molecule has 29 heavy (non-hydrogen) atoms. The molecule has 5 rings (SSSR count). The number of aromatic nitrogens is 5. The quantitative estimate of drug-likeness (QED) is 0.703. The number of hydrogen-bond donors (Lipinski definition) is 1. The molecule has 0 atom stereocenters. The van der Waals surface area contributed by atoms with Crippen LogP contribution in [0.1, 0.15) is 59.7 Å². The Bertz CT molecular complexity index is 1210. The number of pyridine rings is 1. The van der Waals surface area contributed by atoms with Crippen molar-refractivity contribution in [1.29, 1.82) is 0 Å². The van der Waals surface area contributed by atoms with Gasteiger partial charge < -0.3 is 9.42 Å². The van der Waals surface area contributed by atoms with Crippen molar-refractivity contribution in [2.75, 3.05) is 13.1 Å². The van der Waals surface area contributed by atoms with Gasteiger partial charge in [0.05, 0.1) is 10.9 Å². The van der Waals surface area contributed by atoms with Crippen LogP contribution in [0.15, 0.2) is 26.4 Å². The summed E-state index contributed by atoms with van der Waals surface area (Å²) in [5, 5.41) is 4.09. The normalized spacial score (nSPS) is 17.8. The van der Waals surface area contributed by atoms with Gasteiger partial charge in [-0.05, 0) is 38.7 Å². The number of nitrogens with one attached hydrogen (secondary N) is 1. The highest BCUT2D eigenvalue weighted by Crippen LogP contribution is 2.34. The highest BCUT2D eigenvalue weighted by Gasteiger charge is 2.30. The Morgan fingerprint density at radius 1 is 1.21 bits per heavy atom. The molecule has 10 heteroatoms. The number of likely N-dealkylation sites (tertiary alicyclic amines) is 1. The van der Waals surface area contributed by atoms with Gasteiger partial charge in [-0.2, -0.15) is 4.98 Å². The number of amides is 1. The molecule has 10 nitrogen and oxygen atoms in total. The molecule has 1 saturated carbocycles. The van der Waals surface area contributed by atoms with Crippen molar-refractivity contribution in [3.05, 3.63) is 50.4 Å². The largest absolute Gasteiger partial charge is 0.339 e. The molecule has 1 amide bonds. The van der Waals surface area contributed by atoms with Crippen LogP contribution in [0, 0.1) is 6.92 Å². The summed E-state index contributed by atoms with van der Waals surface area (Å²) >= 11 is 0. The van der Waals surface area contributed by atoms with Crippen LogP contribution in [-0.2, 0) is 0 Å². The Balaban J connectivity index is 1.39. The van der Waals surface area contributed by atoms with Gasteiger partial charge in [0, 0.05) is 31.2 Å². The molecule has 0 unspecified atom stereocenters. The average Bonchev–Trinajstić information content (AvgIpc) is 3.46. The van der Waals surface area contributed by atoms with Crippen molar-refractivity contribution in [3.8, 4) is 0 Å². The van der Waals surface area contributed by atoms with Crippen molar-refractivity contribution >= 4 is 16.9 Å². The molecule has 2 fully saturated rings. The number of piperidine rings is 1. The van der Waals surface area contributed by atoms with Gasteiger partial charge >= 0.3 is 5.69 Å². The van der Waals surface area contributed by atoms with E-state index < -0.39 is 11.2 Å². The minimum atomic E-state index is -0.519. The first kappa shape index (κ1) is 17.8. The summed E-state index contributed by atoms with van der Waals surface area (Å²) in [7, 11) is 0. The summed E-state index contributed by atoms with van der Waals surface area (Å²) in [6.45, 7) is 2.89. The molecule has 1 aliphatic carbocycles. The molecular weight excluding hydrogens is 376 g/mol. The van der Waals surface area contributed by atoms with Crippen molar-refractivity contribution in [2.45, 2.75) is 44.6 Å². The molecule has 0 aromatic carbocycles. The summed E-state index contributed by atoms with van der Waals surface area (Å²) in [5.74, 6) is 1.19. The maximum atomic E-state index is 13.0. The van der Waals surface area contributed by atoms with E-state index in [1.165, 1.54) is 16.8 Å². The fraction of sp³-hybridized carbons (Fsp3) is 0.474. The average molecular weight is 396 g/mol. The van der Waals surface area contributed by atoms with Gasteiger partial charge in [0.25, 0.3) is 11.5 Å². The second-order valence-electron chi connectivity index (χ2n) is 7.70. The van der Waals surface area contributed by atoms with E-state index in [-0.39, 0.29) is 23.3 Å². The van der Waals surface area contributed by atoms with E-state index in [1.807, 2.05) is 0 Å². The lowest BCUT2D eigenvalue weighted by atomic mass is 9.96. The van der Waals surface area contributed by atoms with Crippen molar-refractivity contribution in [3.63, 3.8) is 0 Å². The molecule has 0 bridgehead atoms. The molecule has 1 saturated heterocycles. The zero-order valence-corrected chi connectivity index (χ0v) is 15.9. The Labute approximate surface area is 164 Å². The van der Waals surface area contributed by atoms with Crippen LogP contribution in [-0.4, -0.2) is 48.6 Å². The fourth-order valence-corrected chi connectivity index (χ4v) is 3.92. The van der Waals surface area contributed by atoms with Gasteiger partial charge in [0.2, 0.25) is 5.89 Å². The number of rotatable bonds is 3. The highest BCUT2D eigenvalue weighted by molar-refractivity contribution is 5.96. The van der Waals surface area contributed by atoms with E-state index in [0.717, 1.165) is 25.7 Å². The zero-order chi connectivity index (χ0) is 20.1. The summed E-state index contributed by atoms with van der Waals surface area (Å²) in [4.78, 5) is 50.0. The topological polar surface area (TPSA) is 127 Å². The number of aryl methyl sites for hydroxylation is 1. The van der Waals surface area contributed by atoms with Gasteiger partial charge in [-0.3, -0.25) is 19.1 Å². The van der Waals surface area contributed by atoms with Crippen LogP contribution in [0.25, 0.3) is 11.0 Å². The van der Waals surface area contributed by atoms with Crippen LogP contribution in [0.3, 0.4) is 0 Å². The van der Waals surface area contributed by atoms with E-state index in [4.69, 9.17) is 4.52 Å². The second-order valence-corrected chi connectivity index (χ2v) is 7.70. The molecule has 150 valence electrons. The number of nitrogens with zero attached hydrogens (tertiary/aromatic N) is 5. The number of H-pyrrole nitrogens is 1. The first-order valence-corrected chi connectivity index (χ1v) is 9.75. The van der Waals surface area contributed by atoms with Crippen LogP contribution in [0.5, 0.6) is 0 Å². The minimum absolute atomic E-state index is 0.0725. The SMILES string of the molecule is Cc1noc(C2CCN(C(=O)c3cnc4c(c3)c(=O)[nH]c(=O)n4C3CC3)CC2)n1. The third kappa shape index (κ3) is 3.14. The van der Waals surface area contributed by atoms with Crippen molar-refractivity contribution < 1.29 is 9.32 Å². The highest BCUT2D eigenvalue weighted by atomic mass is 16.5. The lowest BCUT2D eigenvalue weighted by Gasteiger charge is -2.30. The van der Waals surface area contributed by atoms with E-state index in [0.29, 0.717) is 36.0 Å². The van der Waals surface area contributed by atoms with Crippen LogP contribution >= 0.6 is 0 Å². The Morgan fingerprint density at radius 3 is 2.62 bits per heavy atom. The predicted octanol–water partition coefficient (Wildman–Crippen LogP) is 1.13. The van der Waals surface area contributed by atoms with Gasteiger partial charge in [-0.25, -0.2) is 9.78 Å². The van der Waals surface area contributed by atoms with Gasteiger partial charge in [-0.1, -0.05) is 5.16 Å². The zero-order valence-electron chi connectivity index (χ0n) is 15.9. The first-order chi connectivity index (χ1) is 14.0. The summed E-state index contributed by atoms with van der Waals surface area (Å²) in [6, 6.07) is 1.61. The third-order valence-corrected chi connectivity index (χ3v) is 5.61. The van der Waals surface area contributed by atoms with E-state index in [1.54, 1.807) is 11.8 Å². The van der Waals surface area contributed by atoms with Gasteiger partial charge in [0.15, 0.2) is 5.82 Å². The molecule has 2 aliphatic rings. The van der Waals surface area contributed by atoms with Gasteiger partial charge in [0.1, 0.15) is 5.65 Å². The molecule has 4 heterocycles. The lowest BCUT2D eigenvalue weighted by molar-refractivity contribution is 0.0704. The lowest BCUT2D eigenvalue weighted by Crippen LogP contribution is -2.38. The molecule has 0 radical (unpaired) electrons. The molecule has 1 N–H and O–H groups in total. The summed E-state index contributed by atoms with van der Waals surface area (Å²) in [6.07, 6.45) is 4.69. The van der Waals surface area contributed by atoms with Crippen molar-refractivity contribution in [1.82, 2.24) is 29.6 Å². The van der Waals surface area contributed by atoms with E-state index in [2.05, 4.69) is 20.1 Å². The minimum Gasteiger partial charge on any atom is -0.339 e. The third-order valence-electron chi connectivity index (χ3n) is 5.61. The predicted molar refractivity (Wildman–Crippen MR) is 102 cm³/mol.